The molecule has 0 spiro atoms. The number of fused-ring (bicyclic) bond motifs is 4. The normalized spacial score (nSPS) is 12.4. The van der Waals surface area contributed by atoms with E-state index in [0.29, 0.717) is 13.1 Å². The van der Waals surface area contributed by atoms with Gasteiger partial charge in [0.15, 0.2) is 0 Å². The van der Waals surface area contributed by atoms with E-state index < -0.39 is 0 Å². The van der Waals surface area contributed by atoms with Gasteiger partial charge in [-0.05, 0) is 88.6 Å². The fourth-order valence-corrected chi connectivity index (χ4v) is 11.0. The van der Waals surface area contributed by atoms with Crippen molar-refractivity contribution in [3.63, 3.8) is 0 Å². The highest BCUT2D eigenvalue weighted by Gasteiger charge is 2.28. The van der Waals surface area contributed by atoms with Gasteiger partial charge in [0.1, 0.15) is 11.5 Å². The van der Waals surface area contributed by atoms with Crippen LogP contribution in [0.25, 0.3) is 87.6 Å². The van der Waals surface area contributed by atoms with Gasteiger partial charge in [-0.2, -0.15) is 0 Å². The second-order valence-electron chi connectivity index (χ2n) is 18.6. The highest BCUT2D eigenvalue weighted by atomic mass is 16.3. The van der Waals surface area contributed by atoms with Crippen LogP contribution in [0.15, 0.2) is 255 Å². The maximum absolute atomic E-state index is 12.9. The highest BCUT2D eigenvalue weighted by Crippen LogP contribution is 2.49. The molecule has 346 valence electrons. The summed E-state index contributed by atoms with van der Waals surface area (Å²) < 4.78 is 0. The predicted molar refractivity (Wildman–Crippen MR) is 300 cm³/mol. The van der Waals surface area contributed by atoms with Crippen LogP contribution in [0.4, 0.5) is 0 Å². The molecule has 72 heavy (non-hydrogen) atoms. The molecule has 0 amide bonds. The standard InChI is InChI=1S/C68H52N2O2/c71-67-53(41-51-31-15-19-35-57(51)63(67)61-55-33-17-13-25-47(55)37-39-59(61)45-21-5-1-6-22-45)43-69-65(49-27-9-3-10-28-49)66(50-29-11-4-12-30-50)70-44-54-42-52-32-16-20-36-58(52)64(68(54)72)62-56-34-18-14-26-48(56)38-40-60(62)46-23-7-2-8-24-46/h1-42,65-66,69-72H,43-44H2/t65-,66-/m1/s1. The maximum atomic E-state index is 12.9. The third-order valence-electron chi connectivity index (χ3n) is 14.4. The lowest BCUT2D eigenvalue weighted by atomic mass is 9.85. The summed E-state index contributed by atoms with van der Waals surface area (Å²) in [5.74, 6) is 0.505. The van der Waals surface area contributed by atoms with Gasteiger partial charge >= 0.3 is 0 Å². The minimum Gasteiger partial charge on any atom is -0.507 e. The zero-order chi connectivity index (χ0) is 48.4. The van der Waals surface area contributed by atoms with Crippen LogP contribution < -0.4 is 10.6 Å². The van der Waals surface area contributed by atoms with Gasteiger partial charge in [-0.25, -0.2) is 0 Å². The molecule has 4 N–H and O–H groups in total. The Morgan fingerprint density at radius 3 is 0.972 bits per heavy atom. The third kappa shape index (κ3) is 8.33. The molecule has 12 aromatic rings. The number of rotatable bonds is 13. The molecule has 12 aromatic carbocycles. The van der Waals surface area contributed by atoms with Crippen molar-refractivity contribution in [3.05, 3.63) is 277 Å². The van der Waals surface area contributed by atoms with Gasteiger partial charge in [0, 0.05) is 46.5 Å². The van der Waals surface area contributed by atoms with Crippen molar-refractivity contribution in [1.29, 1.82) is 0 Å². The highest BCUT2D eigenvalue weighted by molar-refractivity contribution is 6.14. The van der Waals surface area contributed by atoms with Gasteiger partial charge in [0.05, 0.1) is 12.1 Å². The summed E-state index contributed by atoms with van der Waals surface area (Å²) in [6.45, 7) is 0.739. The van der Waals surface area contributed by atoms with Gasteiger partial charge < -0.3 is 20.8 Å². The molecule has 2 atom stereocenters. The Labute approximate surface area is 420 Å². The van der Waals surface area contributed by atoms with Crippen molar-refractivity contribution in [2.45, 2.75) is 25.2 Å². The molecular weight excluding hydrogens is 877 g/mol. The molecule has 0 unspecified atom stereocenters. The SMILES string of the molecule is Oc1c(CN[C@H](c2ccccc2)[C@H](NCc2cc3ccccc3c(-c3c(-c4ccccc4)ccc4ccccc34)c2O)c2ccccc2)cc2ccccc2c1-c1c(-c2ccccc2)ccc2ccccc12. The van der Waals surface area contributed by atoms with Crippen LogP contribution in [-0.2, 0) is 13.1 Å². The third-order valence-corrected chi connectivity index (χ3v) is 14.4. The molecule has 0 aliphatic heterocycles. The molecule has 0 saturated carbocycles. The van der Waals surface area contributed by atoms with Crippen LogP contribution in [0, 0.1) is 0 Å². The summed E-state index contributed by atoms with van der Waals surface area (Å²) in [6, 6.07) is 88.2. The van der Waals surface area contributed by atoms with E-state index in [1.807, 2.05) is 24.3 Å². The Morgan fingerprint density at radius 2 is 0.597 bits per heavy atom. The van der Waals surface area contributed by atoms with Gasteiger partial charge in [-0.3, -0.25) is 0 Å². The Kier molecular flexibility index (Phi) is 12.1. The Balaban J connectivity index is 0.973. The van der Waals surface area contributed by atoms with Crippen LogP contribution in [-0.4, -0.2) is 10.2 Å². The summed E-state index contributed by atoms with van der Waals surface area (Å²) >= 11 is 0. The van der Waals surface area contributed by atoms with Crippen molar-refractivity contribution < 1.29 is 10.2 Å². The van der Waals surface area contributed by atoms with Crippen molar-refractivity contribution in [2.24, 2.45) is 0 Å². The first kappa shape index (κ1) is 44.4. The second-order valence-corrected chi connectivity index (χ2v) is 18.6. The Bertz CT molecular complexity index is 3640. The Hall–Kier alpha value is -8.80. The van der Waals surface area contributed by atoms with Crippen molar-refractivity contribution in [2.75, 3.05) is 0 Å². The lowest BCUT2D eigenvalue weighted by molar-refractivity contribution is 0.373. The van der Waals surface area contributed by atoms with Crippen molar-refractivity contribution >= 4 is 43.1 Å². The fraction of sp³-hybridized carbons (Fsp3) is 0.0588. The number of benzene rings is 12. The number of phenolic OH excluding ortho intramolecular Hbond substituents is 2. The zero-order valence-electron chi connectivity index (χ0n) is 39.7. The van der Waals surface area contributed by atoms with Gasteiger partial charge in [-0.15, -0.1) is 0 Å². The quantitative estimate of drug-likeness (QED) is 0.0930. The van der Waals surface area contributed by atoms with E-state index in [1.54, 1.807) is 0 Å². The molecular formula is C68H52N2O2. The number of aromatic hydroxyl groups is 2. The number of hydrogen-bond donors (Lipinski definition) is 4. The van der Waals surface area contributed by atoms with Crippen LogP contribution in [0.3, 0.4) is 0 Å². The molecule has 12 rings (SSSR count). The molecule has 0 aliphatic carbocycles. The van der Waals surface area contributed by atoms with E-state index >= 15 is 0 Å². The average molecular weight is 929 g/mol. The van der Waals surface area contributed by atoms with Crippen LogP contribution in [0.2, 0.25) is 0 Å². The molecule has 0 fully saturated rings. The lowest BCUT2D eigenvalue weighted by Gasteiger charge is -2.31. The number of phenols is 2. The van der Waals surface area contributed by atoms with Gasteiger partial charge in [0.25, 0.3) is 0 Å². The number of nitrogens with one attached hydrogen (secondary N) is 2. The van der Waals surface area contributed by atoms with Crippen LogP contribution >= 0.6 is 0 Å². The monoisotopic (exact) mass is 928 g/mol. The number of hydrogen-bond acceptors (Lipinski definition) is 4. The summed E-state index contributed by atoms with van der Waals surface area (Å²) in [5, 5.41) is 42.2. The largest absolute Gasteiger partial charge is 0.507 e. The summed E-state index contributed by atoms with van der Waals surface area (Å²) in [7, 11) is 0. The molecule has 0 radical (unpaired) electrons. The minimum absolute atomic E-state index is 0.252. The second kappa shape index (κ2) is 19.5. The zero-order valence-corrected chi connectivity index (χ0v) is 39.7. The van der Waals surface area contributed by atoms with E-state index in [1.165, 1.54) is 0 Å². The molecule has 0 bridgehead atoms. The average Bonchev–Trinajstić information content (AvgIpc) is 3.44. The molecule has 4 nitrogen and oxygen atoms in total. The molecule has 0 heterocycles. The predicted octanol–water partition coefficient (Wildman–Crippen LogP) is 16.7. The van der Waals surface area contributed by atoms with Crippen LogP contribution in [0.5, 0.6) is 11.5 Å². The van der Waals surface area contributed by atoms with E-state index in [9.17, 15) is 10.2 Å². The van der Waals surface area contributed by atoms with Crippen molar-refractivity contribution in [1.82, 2.24) is 10.6 Å². The summed E-state index contributed by atoms with van der Waals surface area (Å²) in [6.07, 6.45) is 0. The molecule has 0 aromatic heterocycles. The van der Waals surface area contributed by atoms with Crippen molar-refractivity contribution in [3.8, 4) is 56.0 Å². The fourth-order valence-electron chi connectivity index (χ4n) is 11.0. The van der Waals surface area contributed by atoms with Crippen LogP contribution in [0.1, 0.15) is 34.3 Å². The Morgan fingerprint density at radius 1 is 0.292 bits per heavy atom. The van der Waals surface area contributed by atoms with Gasteiger partial charge in [0.2, 0.25) is 0 Å². The molecule has 0 saturated heterocycles. The minimum atomic E-state index is -0.273. The lowest BCUT2D eigenvalue weighted by Crippen LogP contribution is -2.35. The van der Waals surface area contributed by atoms with E-state index in [-0.39, 0.29) is 23.6 Å². The maximum Gasteiger partial charge on any atom is 0.128 e. The van der Waals surface area contributed by atoms with E-state index in [4.69, 9.17) is 0 Å². The first-order chi connectivity index (χ1) is 35.6. The summed E-state index contributed by atoms with van der Waals surface area (Å²) in [5.41, 5.74) is 11.7. The smallest absolute Gasteiger partial charge is 0.128 e. The molecule has 4 heteroatoms. The summed E-state index contributed by atoms with van der Waals surface area (Å²) in [4.78, 5) is 0. The first-order valence-electron chi connectivity index (χ1n) is 24.8. The topological polar surface area (TPSA) is 64.5 Å². The molecule has 0 aliphatic rings. The van der Waals surface area contributed by atoms with E-state index in [0.717, 1.165) is 110 Å². The van der Waals surface area contributed by atoms with Gasteiger partial charge in [-0.1, -0.05) is 243 Å². The van der Waals surface area contributed by atoms with E-state index in [2.05, 4.69) is 241 Å². The first-order valence-corrected chi connectivity index (χ1v) is 24.8.